The molecule has 0 aliphatic carbocycles. The summed E-state index contributed by atoms with van der Waals surface area (Å²) in [5.74, 6) is -1.31. The number of amides is 1. The number of hydrogen-bond acceptors (Lipinski definition) is 3. The molecule has 19 heavy (non-hydrogen) atoms. The van der Waals surface area contributed by atoms with E-state index >= 15 is 0 Å². The fourth-order valence-electron chi connectivity index (χ4n) is 2.16. The first-order valence-electron chi connectivity index (χ1n) is 6.10. The number of rotatable bonds is 5. The van der Waals surface area contributed by atoms with Crippen LogP contribution >= 0.6 is 0 Å². The molecule has 0 aromatic heterocycles. The number of carbonyl (C=O) groups excluding carboxylic acids is 1. The number of nitrogens with one attached hydrogen (secondary N) is 1. The Kier molecular flexibility index (Phi) is 3.85. The van der Waals surface area contributed by atoms with E-state index in [0.717, 1.165) is 24.2 Å². The zero-order valence-corrected chi connectivity index (χ0v) is 10.6. The summed E-state index contributed by atoms with van der Waals surface area (Å²) in [5, 5.41) is 12.0. The summed E-state index contributed by atoms with van der Waals surface area (Å²) in [6.07, 6.45) is 2.41. The van der Waals surface area contributed by atoms with Gasteiger partial charge < -0.3 is 15.3 Å². The highest BCUT2D eigenvalue weighted by molar-refractivity contribution is 5.96. The fraction of sp³-hybridized carbons (Fsp3) is 0.286. The number of nitrogens with zero attached hydrogens (tertiary/aromatic N) is 1. The second-order valence-corrected chi connectivity index (χ2v) is 4.42. The number of anilines is 1. The van der Waals surface area contributed by atoms with Gasteiger partial charge in [-0.3, -0.25) is 9.59 Å². The van der Waals surface area contributed by atoms with E-state index < -0.39 is 5.97 Å². The van der Waals surface area contributed by atoms with Crippen molar-refractivity contribution in [1.29, 1.82) is 0 Å². The second-order valence-electron chi connectivity index (χ2n) is 4.42. The van der Waals surface area contributed by atoms with Crippen LogP contribution in [0.15, 0.2) is 30.9 Å². The highest BCUT2D eigenvalue weighted by Gasteiger charge is 2.19. The first-order chi connectivity index (χ1) is 9.11. The van der Waals surface area contributed by atoms with Crippen molar-refractivity contribution < 1.29 is 14.7 Å². The predicted octanol–water partition coefficient (Wildman–Crippen LogP) is 1.37. The van der Waals surface area contributed by atoms with Gasteiger partial charge in [0.15, 0.2) is 0 Å². The van der Waals surface area contributed by atoms with Crippen LogP contribution in [0.1, 0.15) is 15.9 Å². The number of carbonyl (C=O) groups is 2. The number of hydrogen-bond donors (Lipinski definition) is 2. The van der Waals surface area contributed by atoms with Gasteiger partial charge in [0.25, 0.3) is 5.91 Å². The SMILES string of the molecule is C=CCN(CC(=O)O)C(=O)c1ccc2c(c1)CCN2. The Hall–Kier alpha value is -2.30. The average Bonchev–Trinajstić information content (AvgIpc) is 2.84. The van der Waals surface area contributed by atoms with Crippen LogP contribution in [-0.4, -0.2) is 41.5 Å². The molecule has 2 rings (SSSR count). The maximum Gasteiger partial charge on any atom is 0.323 e. The Labute approximate surface area is 111 Å². The fourth-order valence-corrected chi connectivity index (χ4v) is 2.16. The lowest BCUT2D eigenvalue weighted by Crippen LogP contribution is -2.35. The molecule has 5 nitrogen and oxygen atoms in total. The van der Waals surface area contributed by atoms with Gasteiger partial charge in [-0.1, -0.05) is 6.08 Å². The second kappa shape index (κ2) is 5.56. The molecule has 1 aliphatic rings. The maximum absolute atomic E-state index is 12.3. The van der Waals surface area contributed by atoms with E-state index in [1.807, 2.05) is 12.1 Å². The summed E-state index contributed by atoms with van der Waals surface area (Å²) in [6, 6.07) is 5.41. The topological polar surface area (TPSA) is 69.6 Å². The molecule has 1 aromatic rings. The summed E-state index contributed by atoms with van der Waals surface area (Å²) in [7, 11) is 0. The highest BCUT2D eigenvalue weighted by Crippen LogP contribution is 2.23. The van der Waals surface area contributed by atoms with Gasteiger partial charge in [-0.05, 0) is 30.2 Å². The van der Waals surface area contributed by atoms with Crippen LogP contribution in [0.5, 0.6) is 0 Å². The quantitative estimate of drug-likeness (QED) is 0.784. The third-order valence-electron chi connectivity index (χ3n) is 3.02. The van der Waals surface area contributed by atoms with Crippen LogP contribution < -0.4 is 5.32 Å². The standard InChI is InChI=1S/C14H16N2O3/c1-2-7-16(9-13(17)18)14(19)11-3-4-12-10(8-11)5-6-15-12/h2-4,8,15H,1,5-7,9H2,(H,17,18). The van der Waals surface area contributed by atoms with Gasteiger partial charge in [-0.15, -0.1) is 6.58 Å². The van der Waals surface area contributed by atoms with Gasteiger partial charge in [0.1, 0.15) is 6.54 Å². The van der Waals surface area contributed by atoms with Crippen molar-refractivity contribution in [3.05, 3.63) is 42.0 Å². The molecule has 2 N–H and O–H groups in total. The Bertz CT molecular complexity index is 525. The van der Waals surface area contributed by atoms with E-state index in [9.17, 15) is 9.59 Å². The summed E-state index contributed by atoms with van der Waals surface area (Å²) in [6.45, 7) is 4.32. The maximum atomic E-state index is 12.3. The molecule has 1 aromatic carbocycles. The minimum atomic E-state index is -1.03. The summed E-state index contributed by atoms with van der Waals surface area (Å²) < 4.78 is 0. The minimum Gasteiger partial charge on any atom is -0.480 e. The van der Waals surface area contributed by atoms with Gasteiger partial charge in [-0.2, -0.15) is 0 Å². The van der Waals surface area contributed by atoms with Crippen LogP contribution in [0.4, 0.5) is 5.69 Å². The van der Waals surface area contributed by atoms with Crippen LogP contribution in [0, 0.1) is 0 Å². The molecule has 0 spiro atoms. The van der Waals surface area contributed by atoms with Gasteiger partial charge >= 0.3 is 5.97 Å². The number of carboxylic acids is 1. The normalized spacial score (nSPS) is 12.4. The lowest BCUT2D eigenvalue weighted by molar-refractivity contribution is -0.137. The van der Waals surface area contributed by atoms with Crippen LogP contribution in [-0.2, 0) is 11.2 Å². The lowest BCUT2D eigenvalue weighted by Gasteiger charge is -2.19. The number of fused-ring (bicyclic) bond motifs is 1. The molecule has 0 saturated heterocycles. The van der Waals surface area contributed by atoms with E-state index in [1.165, 1.54) is 11.0 Å². The molecule has 0 atom stereocenters. The molecule has 100 valence electrons. The van der Waals surface area contributed by atoms with Crippen LogP contribution in [0.25, 0.3) is 0 Å². The molecule has 5 heteroatoms. The largest absolute Gasteiger partial charge is 0.480 e. The van der Waals surface area contributed by atoms with E-state index in [4.69, 9.17) is 5.11 Å². The zero-order valence-electron chi connectivity index (χ0n) is 10.6. The van der Waals surface area contributed by atoms with Crippen LogP contribution in [0.2, 0.25) is 0 Å². The number of aliphatic carboxylic acids is 1. The van der Waals surface area contributed by atoms with Gasteiger partial charge in [-0.25, -0.2) is 0 Å². The van der Waals surface area contributed by atoms with Crippen molar-refractivity contribution in [3.63, 3.8) is 0 Å². The van der Waals surface area contributed by atoms with E-state index in [-0.39, 0.29) is 19.0 Å². The smallest absolute Gasteiger partial charge is 0.323 e. The van der Waals surface area contributed by atoms with E-state index in [1.54, 1.807) is 6.07 Å². The molecule has 1 amide bonds. The Balaban J connectivity index is 2.21. The molecular weight excluding hydrogens is 244 g/mol. The molecule has 0 saturated carbocycles. The number of benzene rings is 1. The number of carboxylic acid groups (broad SMARTS) is 1. The molecule has 1 heterocycles. The minimum absolute atomic E-state index is 0.223. The Morgan fingerprint density at radius 3 is 2.95 bits per heavy atom. The van der Waals surface area contributed by atoms with E-state index in [0.29, 0.717) is 5.56 Å². The Morgan fingerprint density at radius 2 is 2.26 bits per heavy atom. The van der Waals surface area contributed by atoms with Crippen molar-refractivity contribution in [2.75, 3.05) is 25.0 Å². The first-order valence-corrected chi connectivity index (χ1v) is 6.10. The van der Waals surface area contributed by atoms with E-state index in [2.05, 4.69) is 11.9 Å². The molecule has 0 fully saturated rings. The summed E-state index contributed by atoms with van der Waals surface area (Å²) in [4.78, 5) is 24.3. The molecule has 0 bridgehead atoms. The zero-order chi connectivity index (χ0) is 13.8. The van der Waals surface area contributed by atoms with Crippen molar-refractivity contribution in [3.8, 4) is 0 Å². The first kappa shape index (κ1) is 13.1. The predicted molar refractivity (Wildman–Crippen MR) is 72.4 cm³/mol. The lowest BCUT2D eigenvalue weighted by atomic mass is 10.1. The summed E-state index contributed by atoms with van der Waals surface area (Å²) >= 11 is 0. The molecule has 0 unspecified atom stereocenters. The monoisotopic (exact) mass is 260 g/mol. The third kappa shape index (κ3) is 2.93. The third-order valence-corrected chi connectivity index (χ3v) is 3.02. The van der Waals surface area contributed by atoms with Crippen molar-refractivity contribution in [2.24, 2.45) is 0 Å². The molecular formula is C14H16N2O3. The average molecular weight is 260 g/mol. The summed E-state index contributed by atoms with van der Waals surface area (Å²) in [5.41, 5.74) is 2.66. The van der Waals surface area contributed by atoms with Crippen molar-refractivity contribution in [2.45, 2.75) is 6.42 Å². The molecule has 1 aliphatic heterocycles. The highest BCUT2D eigenvalue weighted by atomic mass is 16.4. The van der Waals surface area contributed by atoms with Gasteiger partial charge in [0.05, 0.1) is 0 Å². The van der Waals surface area contributed by atoms with Crippen molar-refractivity contribution in [1.82, 2.24) is 4.90 Å². The Morgan fingerprint density at radius 1 is 1.47 bits per heavy atom. The van der Waals surface area contributed by atoms with Crippen LogP contribution in [0.3, 0.4) is 0 Å². The van der Waals surface area contributed by atoms with Gasteiger partial charge in [0.2, 0.25) is 0 Å². The van der Waals surface area contributed by atoms with Gasteiger partial charge in [0, 0.05) is 24.3 Å². The van der Waals surface area contributed by atoms with Crippen molar-refractivity contribution >= 4 is 17.6 Å². The molecule has 0 radical (unpaired) electrons.